The third kappa shape index (κ3) is 3.85. The van der Waals surface area contributed by atoms with Crippen LogP contribution in [-0.4, -0.2) is 22.3 Å². The van der Waals surface area contributed by atoms with Crippen LogP contribution in [0.5, 0.6) is 0 Å². The molecule has 2 heterocycles. The predicted molar refractivity (Wildman–Crippen MR) is 120 cm³/mol. The monoisotopic (exact) mass is 416 g/mol. The summed E-state index contributed by atoms with van der Waals surface area (Å²) in [6.45, 7) is 4.18. The van der Waals surface area contributed by atoms with E-state index in [0.29, 0.717) is 10.9 Å². The molecule has 4 aromatic rings. The topological polar surface area (TPSA) is 61.2 Å². The molecule has 0 aliphatic rings. The minimum Gasteiger partial charge on any atom is -0.436 e. The highest BCUT2D eigenvalue weighted by molar-refractivity contribution is 7.24. The smallest absolute Gasteiger partial charge is 0.420 e. The third-order valence-corrected chi connectivity index (χ3v) is 6.17. The second-order valence-corrected chi connectivity index (χ2v) is 7.86. The largest absolute Gasteiger partial charge is 0.436 e. The van der Waals surface area contributed by atoms with Gasteiger partial charge in [0.2, 0.25) is 0 Å². The van der Waals surface area contributed by atoms with Crippen molar-refractivity contribution in [2.75, 3.05) is 6.61 Å². The molecule has 0 atom stereocenters. The normalized spacial score (nSPS) is 10.7. The summed E-state index contributed by atoms with van der Waals surface area (Å²) in [6.07, 6.45) is 5.64. The van der Waals surface area contributed by atoms with E-state index in [0.717, 1.165) is 27.6 Å². The van der Waals surface area contributed by atoms with Gasteiger partial charge in [-0.1, -0.05) is 31.8 Å². The average Bonchev–Trinajstić information content (AvgIpc) is 3.31. The minimum atomic E-state index is -0.533. The summed E-state index contributed by atoms with van der Waals surface area (Å²) in [6, 6.07) is 9.87. The van der Waals surface area contributed by atoms with Crippen molar-refractivity contribution in [2.24, 2.45) is 0 Å². The molecule has 0 N–H and O–H groups in total. The van der Waals surface area contributed by atoms with E-state index in [2.05, 4.69) is 36.7 Å². The molecule has 0 radical (unpaired) electrons. The first kappa shape index (κ1) is 19.9. The summed E-state index contributed by atoms with van der Waals surface area (Å²) in [5, 5.41) is 1.45. The van der Waals surface area contributed by atoms with Gasteiger partial charge in [-0.15, -0.1) is 11.3 Å². The summed E-state index contributed by atoms with van der Waals surface area (Å²) in [7, 11) is 0. The quantitative estimate of drug-likeness (QED) is 0.356. The Bertz CT molecular complexity index is 1360. The van der Waals surface area contributed by atoms with E-state index in [-0.39, 0.29) is 12.0 Å². The molecule has 0 amide bonds. The zero-order valence-electron chi connectivity index (χ0n) is 16.8. The summed E-state index contributed by atoms with van der Waals surface area (Å²) in [5.41, 5.74) is 3.15. The van der Waals surface area contributed by atoms with Gasteiger partial charge in [0.1, 0.15) is 6.33 Å². The zero-order chi connectivity index (χ0) is 21.1. The lowest BCUT2D eigenvalue weighted by Crippen LogP contribution is -2.11. The molecule has 5 nitrogen and oxygen atoms in total. The SMILES string of the molecule is CCc1cc(CC)c2sc3ccc(C#CCOC(=O)n4ccnc4)cc3c(=O)c2c1. The molecular formula is C24H20N2O3S. The van der Waals surface area contributed by atoms with Gasteiger partial charge < -0.3 is 4.74 Å². The van der Waals surface area contributed by atoms with E-state index in [1.54, 1.807) is 11.3 Å². The molecule has 0 spiro atoms. The first-order valence-corrected chi connectivity index (χ1v) is 10.6. The Labute approximate surface area is 177 Å². The standard InChI is InChI=1S/C24H20N2O3S/c1-3-16-12-18(4-2)23-20(13-16)22(27)19-14-17(7-8-21(19)30-23)6-5-11-29-24(28)26-10-9-25-15-26/h7-10,12-15H,3-4,11H2,1-2H3. The number of hydrogen-bond donors (Lipinski definition) is 0. The third-order valence-electron chi connectivity index (χ3n) is 4.91. The average molecular weight is 417 g/mol. The number of aryl methyl sites for hydroxylation is 2. The minimum absolute atomic E-state index is 0.0407. The number of ether oxygens (including phenoxy) is 1. The fourth-order valence-corrected chi connectivity index (χ4v) is 4.53. The highest BCUT2D eigenvalue weighted by Gasteiger charge is 2.11. The number of aromatic nitrogens is 2. The maximum absolute atomic E-state index is 13.2. The van der Waals surface area contributed by atoms with Crippen LogP contribution in [0.4, 0.5) is 4.79 Å². The summed E-state index contributed by atoms with van der Waals surface area (Å²) in [5.74, 6) is 5.80. The Balaban J connectivity index is 1.66. The first-order chi connectivity index (χ1) is 14.6. The lowest BCUT2D eigenvalue weighted by molar-refractivity contribution is 0.162. The van der Waals surface area contributed by atoms with Crippen molar-refractivity contribution >= 4 is 37.6 Å². The Morgan fingerprint density at radius 3 is 2.77 bits per heavy atom. The van der Waals surface area contributed by atoms with Gasteiger partial charge in [0.15, 0.2) is 12.0 Å². The summed E-state index contributed by atoms with van der Waals surface area (Å²) < 4.78 is 8.33. The summed E-state index contributed by atoms with van der Waals surface area (Å²) in [4.78, 5) is 28.8. The highest BCUT2D eigenvalue weighted by atomic mass is 32.1. The fraction of sp³-hybridized carbons (Fsp3) is 0.208. The maximum atomic E-state index is 13.2. The predicted octanol–water partition coefficient (Wildman–Crippen LogP) is 4.77. The number of benzene rings is 2. The van der Waals surface area contributed by atoms with Gasteiger partial charge >= 0.3 is 6.09 Å². The lowest BCUT2D eigenvalue weighted by atomic mass is 10.0. The van der Waals surface area contributed by atoms with Gasteiger partial charge in [0.05, 0.1) is 0 Å². The Kier molecular flexibility index (Phi) is 5.64. The van der Waals surface area contributed by atoms with Crippen molar-refractivity contribution in [1.82, 2.24) is 9.55 Å². The van der Waals surface area contributed by atoms with Crippen LogP contribution in [0.2, 0.25) is 0 Å². The van der Waals surface area contributed by atoms with Crippen molar-refractivity contribution in [3.8, 4) is 11.8 Å². The van der Waals surface area contributed by atoms with Crippen molar-refractivity contribution in [2.45, 2.75) is 26.7 Å². The number of carbonyl (C=O) groups is 1. The van der Waals surface area contributed by atoms with Crippen LogP contribution in [0.3, 0.4) is 0 Å². The molecule has 0 unspecified atom stereocenters. The van der Waals surface area contributed by atoms with Crippen molar-refractivity contribution in [1.29, 1.82) is 0 Å². The number of fused-ring (bicyclic) bond motifs is 2. The van der Waals surface area contributed by atoms with E-state index < -0.39 is 6.09 Å². The number of nitrogens with zero attached hydrogens (tertiary/aromatic N) is 2. The van der Waals surface area contributed by atoms with E-state index >= 15 is 0 Å². The molecule has 4 rings (SSSR count). The van der Waals surface area contributed by atoms with E-state index in [1.807, 2.05) is 24.3 Å². The molecular weight excluding hydrogens is 396 g/mol. The summed E-state index contributed by atoms with van der Waals surface area (Å²) >= 11 is 1.65. The van der Waals surface area contributed by atoms with Gasteiger partial charge in [-0.2, -0.15) is 0 Å². The first-order valence-electron chi connectivity index (χ1n) is 9.77. The van der Waals surface area contributed by atoms with Crippen LogP contribution in [0.25, 0.3) is 20.2 Å². The lowest BCUT2D eigenvalue weighted by Gasteiger charge is -2.08. The molecule has 2 aromatic heterocycles. The number of imidazole rings is 1. The van der Waals surface area contributed by atoms with Gasteiger partial charge in [0.25, 0.3) is 0 Å². The molecule has 0 saturated carbocycles. The molecule has 0 aliphatic carbocycles. The van der Waals surface area contributed by atoms with Crippen LogP contribution >= 0.6 is 11.3 Å². The van der Waals surface area contributed by atoms with E-state index in [1.165, 1.54) is 34.4 Å². The second-order valence-electron chi connectivity index (χ2n) is 6.81. The molecule has 0 saturated heterocycles. The van der Waals surface area contributed by atoms with Crippen LogP contribution in [-0.2, 0) is 17.6 Å². The number of hydrogen-bond acceptors (Lipinski definition) is 5. The number of carbonyl (C=O) groups excluding carboxylic acids is 1. The molecule has 30 heavy (non-hydrogen) atoms. The Morgan fingerprint density at radius 2 is 2.03 bits per heavy atom. The van der Waals surface area contributed by atoms with Gasteiger partial charge in [-0.3, -0.25) is 4.79 Å². The van der Waals surface area contributed by atoms with E-state index in [9.17, 15) is 9.59 Å². The van der Waals surface area contributed by atoms with Crippen LogP contribution in [0.15, 0.2) is 53.8 Å². The molecule has 0 bridgehead atoms. The van der Waals surface area contributed by atoms with E-state index in [4.69, 9.17) is 4.74 Å². The van der Waals surface area contributed by atoms with Crippen molar-refractivity contribution in [3.63, 3.8) is 0 Å². The second kappa shape index (κ2) is 8.52. The van der Waals surface area contributed by atoms with Crippen molar-refractivity contribution in [3.05, 3.63) is 76.0 Å². The van der Waals surface area contributed by atoms with Crippen LogP contribution < -0.4 is 5.43 Å². The molecule has 0 aliphatic heterocycles. The molecule has 150 valence electrons. The molecule has 0 fully saturated rings. The Morgan fingerprint density at radius 1 is 1.17 bits per heavy atom. The maximum Gasteiger partial charge on any atom is 0.420 e. The number of rotatable bonds is 3. The highest BCUT2D eigenvalue weighted by Crippen LogP contribution is 2.29. The van der Waals surface area contributed by atoms with Gasteiger partial charge in [-0.05, 0) is 48.2 Å². The molecule has 2 aromatic carbocycles. The van der Waals surface area contributed by atoms with Crippen LogP contribution in [0.1, 0.15) is 30.5 Å². The fourth-order valence-electron chi connectivity index (χ4n) is 3.32. The van der Waals surface area contributed by atoms with Crippen molar-refractivity contribution < 1.29 is 9.53 Å². The zero-order valence-corrected chi connectivity index (χ0v) is 17.6. The van der Waals surface area contributed by atoms with Gasteiger partial charge in [-0.25, -0.2) is 14.3 Å². The Hall–Kier alpha value is -3.43. The van der Waals surface area contributed by atoms with Crippen LogP contribution in [0, 0.1) is 11.8 Å². The van der Waals surface area contributed by atoms with Gasteiger partial charge in [0, 0.05) is 38.1 Å². The molecule has 6 heteroatoms.